The second kappa shape index (κ2) is 9.82. The maximum atomic E-state index is 13.0. The summed E-state index contributed by atoms with van der Waals surface area (Å²) in [4.78, 5) is 38.3. The Kier molecular flexibility index (Phi) is 6.43. The molecule has 1 aliphatic heterocycles. The third kappa shape index (κ3) is 4.80. The van der Waals surface area contributed by atoms with Crippen molar-refractivity contribution < 1.29 is 9.90 Å². The smallest absolute Gasteiger partial charge is 0.350 e. The molecule has 4 aromatic rings. The monoisotopic (exact) mass is 505 g/mol. The van der Waals surface area contributed by atoms with Crippen LogP contribution in [0.5, 0.6) is 5.75 Å². The zero-order chi connectivity index (χ0) is 25.2. The van der Waals surface area contributed by atoms with E-state index in [1.54, 1.807) is 31.2 Å². The minimum Gasteiger partial charge on any atom is -0.505 e. The molecule has 0 saturated carbocycles. The van der Waals surface area contributed by atoms with Gasteiger partial charge in [-0.05, 0) is 55.5 Å². The van der Waals surface area contributed by atoms with E-state index in [1.807, 2.05) is 24.3 Å². The molecule has 5 rings (SSSR count). The number of nitrogens with zero attached hydrogens (tertiary/aromatic N) is 7. The van der Waals surface area contributed by atoms with Gasteiger partial charge in [0.2, 0.25) is 5.95 Å². The van der Waals surface area contributed by atoms with E-state index in [1.165, 1.54) is 21.6 Å². The Morgan fingerprint density at radius 1 is 0.917 bits per heavy atom. The third-order valence-electron chi connectivity index (χ3n) is 6.12. The van der Waals surface area contributed by atoms with Crippen LogP contribution in [0.15, 0.2) is 65.7 Å². The second-order valence-electron chi connectivity index (χ2n) is 8.48. The molecule has 0 amide bonds. The summed E-state index contributed by atoms with van der Waals surface area (Å²) < 4.78 is 2.68. The van der Waals surface area contributed by atoms with Gasteiger partial charge in [-0.2, -0.15) is 5.10 Å². The van der Waals surface area contributed by atoms with Crippen molar-refractivity contribution in [3.63, 3.8) is 0 Å². The molecule has 1 fully saturated rings. The highest BCUT2D eigenvalue weighted by molar-refractivity contribution is 6.30. The number of aromatic nitrogens is 5. The molecule has 1 saturated heterocycles. The molecule has 184 valence electrons. The average Bonchev–Trinajstić information content (AvgIpc) is 3.17. The molecule has 1 N–H and O–H groups in total. The Morgan fingerprint density at radius 3 is 2.14 bits per heavy atom. The van der Waals surface area contributed by atoms with Gasteiger partial charge in [0.15, 0.2) is 11.5 Å². The predicted molar refractivity (Wildman–Crippen MR) is 136 cm³/mol. The molecular formula is C25H24ClN7O3. The Bertz CT molecular complexity index is 1420. The van der Waals surface area contributed by atoms with Crippen molar-refractivity contribution in [2.75, 3.05) is 36.0 Å². The van der Waals surface area contributed by atoms with Gasteiger partial charge in [0, 0.05) is 42.5 Å². The van der Waals surface area contributed by atoms with Crippen LogP contribution in [0.25, 0.3) is 5.69 Å². The lowest BCUT2D eigenvalue weighted by Gasteiger charge is -2.36. The van der Waals surface area contributed by atoms with Crippen LogP contribution in [0.2, 0.25) is 5.02 Å². The number of rotatable bonds is 6. The highest BCUT2D eigenvalue weighted by atomic mass is 35.5. The van der Waals surface area contributed by atoms with Gasteiger partial charge in [-0.25, -0.2) is 24.0 Å². The number of piperazine rings is 1. The summed E-state index contributed by atoms with van der Waals surface area (Å²) in [6.07, 6.45) is 2.79. The van der Waals surface area contributed by atoms with Crippen molar-refractivity contribution in [2.45, 2.75) is 13.5 Å². The van der Waals surface area contributed by atoms with E-state index >= 15 is 0 Å². The van der Waals surface area contributed by atoms with Crippen molar-refractivity contribution in [2.24, 2.45) is 0 Å². The summed E-state index contributed by atoms with van der Waals surface area (Å²) in [5.41, 5.74) is 1.83. The molecule has 11 heteroatoms. The summed E-state index contributed by atoms with van der Waals surface area (Å²) in [5, 5.41) is 14.2. The number of aryl methyl sites for hydroxylation is 1. The lowest BCUT2D eigenvalue weighted by atomic mass is 10.1. The molecule has 1 aliphatic rings. The highest BCUT2D eigenvalue weighted by Gasteiger charge is 2.20. The fourth-order valence-electron chi connectivity index (χ4n) is 4.23. The Hall–Kier alpha value is -4.18. The normalized spacial score (nSPS) is 13.7. The number of carbonyl (C=O) groups excluding carboxylic acids is 1. The number of Topliss-reactive ketones (excluding diaryl/α,β-unsaturated/α-hetero) is 1. The number of anilines is 2. The number of halogens is 1. The molecule has 0 spiro atoms. The molecule has 0 bridgehead atoms. The maximum Gasteiger partial charge on any atom is 0.350 e. The first-order valence-electron chi connectivity index (χ1n) is 11.5. The van der Waals surface area contributed by atoms with Crippen LogP contribution in [-0.4, -0.2) is 61.4 Å². The van der Waals surface area contributed by atoms with Gasteiger partial charge in [0.1, 0.15) is 12.4 Å². The minimum atomic E-state index is -0.370. The quantitative estimate of drug-likeness (QED) is 0.398. The predicted octanol–water partition coefficient (Wildman–Crippen LogP) is 2.70. The van der Waals surface area contributed by atoms with Crippen molar-refractivity contribution >= 4 is 29.0 Å². The maximum absolute atomic E-state index is 13.0. The zero-order valence-corrected chi connectivity index (χ0v) is 20.3. The lowest BCUT2D eigenvalue weighted by molar-refractivity contribution is 0.0966. The largest absolute Gasteiger partial charge is 0.505 e. The van der Waals surface area contributed by atoms with Crippen LogP contribution in [0.3, 0.4) is 0 Å². The van der Waals surface area contributed by atoms with Gasteiger partial charge in [-0.1, -0.05) is 11.6 Å². The van der Waals surface area contributed by atoms with E-state index < -0.39 is 0 Å². The molecule has 3 heterocycles. The fourth-order valence-corrected chi connectivity index (χ4v) is 4.36. The Balaban J connectivity index is 1.27. The van der Waals surface area contributed by atoms with E-state index in [0.29, 0.717) is 28.0 Å². The van der Waals surface area contributed by atoms with Crippen LogP contribution >= 0.6 is 11.6 Å². The van der Waals surface area contributed by atoms with E-state index in [4.69, 9.17) is 11.6 Å². The van der Waals surface area contributed by atoms with Gasteiger partial charge in [-0.15, -0.1) is 0 Å². The van der Waals surface area contributed by atoms with Crippen LogP contribution in [0.1, 0.15) is 16.2 Å². The summed E-state index contributed by atoms with van der Waals surface area (Å²) in [6.45, 7) is 4.66. The molecule has 36 heavy (non-hydrogen) atoms. The number of ketones is 1. The van der Waals surface area contributed by atoms with E-state index in [0.717, 1.165) is 31.9 Å². The first-order valence-corrected chi connectivity index (χ1v) is 11.8. The molecular weight excluding hydrogens is 482 g/mol. The van der Waals surface area contributed by atoms with Gasteiger partial charge < -0.3 is 14.9 Å². The number of hydrogen-bond donors (Lipinski definition) is 1. The van der Waals surface area contributed by atoms with E-state index in [-0.39, 0.29) is 23.8 Å². The van der Waals surface area contributed by atoms with Gasteiger partial charge in [-0.3, -0.25) is 4.79 Å². The first-order chi connectivity index (χ1) is 17.4. The Labute approximate surface area is 212 Å². The molecule has 0 unspecified atom stereocenters. The lowest BCUT2D eigenvalue weighted by Crippen LogP contribution is -2.47. The topological polar surface area (TPSA) is 109 Å². The van der Waals surface area contributed by atoms with Gasteiger partial charge in [0.25, 0.3) is 0 Å². The standard InChI is InChI=1S/C25H24ClN7O3/c1-17-29-32(16-23(35)18-2-4-19(26)5-3-18)25(36)33(17)21-8-6-20(7-9-21)30-10-12-31(13-11-30)24-27-14-22(34)15-28-24/h2-9,14-15,34H,10-13,16H2,1H3. The summed E-state index contributed by atoms with van der Waals surface area (Å²) >= 11 is 5.89. The second-order valence-corrected chi connectivity index (χ2v) is 8.92. The minimum absolute atomic E-state index is 0.0468. The molecule has 0 radical (unpaired) electrons. The fraction of sp³-hybridized carbons (Fsp3) is 0.240. The van der Waals surface area contributed by atoms with Crippen molar-refractivity contribution in [1.82, 2.24) is 24.3 Å². The van der Waals surface area contributed by atoms with Gasteiger partial charge in [0.05, 0.1) is 18.1 Å². The summed E-state index contributed by atoms with van der Waals surface area (Å²) in [7, 11) is 0. The van der Waals surface area contributed by atoms with E-state index in [2.05, 4.69) is 24.9 Å². The van der Waals surface area contributed by atoms with E-state index in [9.17, 15) is 14.7 Å². The Morgan fingerprint density at radius 2 is 1.50 bits per heavy atom. The van der Waals surface area contributed by atoms with Crippen LogP contribution < -0.4 is 15.5 Å². The molecule has 2 aromatic heterocycles. The van der Waals surface area contributed by atoms with Gasteiger partial charge >= 0.3 is 5.69 Å². The number of carbonyl (C=O) groups is 1. The average molecular weight is 506 g/mol. The third-order valence-corrected chi connectivity index (χ3v) is 6.37. The van der Waals surface area contributed by atoms with Crippen LogP contribution in [0, 0.1) is 6.92 Å². The van der Waals surface area contributed by atoms with Crippen molar-refractivity contribution in [3.05, 3.63) is 87.8 Å². The van der Waals surface area contributed by atoms with Crippen LogP contribution in [-0.2, 0) is 6.54 Å². The molecule has 0 aliphatic carbocycles. The summed E-state index contributed by atoms with van der Waals surface area (Å²) in [6, 6.07) is 14.3. The van der Waals surface area contributed by atoms with Crippen molar-refractivity contribution in [3.8, 4) is 11.4 Å². The number of hydrogen-bond acceptors (Lipinski definition) is 8. The zero-order valence-electron chi connectivity index (χ0n) is 19.6. The highest BCUT2D eigenvalue weighted by Crippen LogP contribution is 2.21. The van der Waals surface area contributed by atoms with Crippen molar-refractivity contribution in [1.29, 1.82) is 0 Å². The van der Waals surface area contributed by atoms with Crippen LogP contribution in [0.4, 0.5) is 11.6 Å². The first kappa shape index (κ1) is 23.6. The summed E-state index contributed by atoms with van der Waals surface area (Å²) in [5.74, 6) is 0.930. The molecule has 2 aromatic carbocycles. The SMILES string of the molecule is Cc1nn(CC(=O)c2ccc(Cl)cc2)c(=O)n1-c1ccc(N2CCN(c3ncc(O)cn3)CC2)cc1. The molecule has 0 atom stereocenters. The number of aromatic hydroxyl groups is 1. The molecule has 10 nitrogen and oxygen atoms in total. The number of benzene rings is 2.